The van der Waals surface area contributed by atoms with Crippen molar-refractivity contribution >= 4 is 17.8 Å². The standard InChI is InChI=1S/C22H30FNO7/c1-13(2)20(27)24(19(21(28)29)14-5-7-15(23)8-6-14)10-9-16-11-17(12-18(25)26)31-22(3,4)30-16/h5-8,13,16-17,19H,9-12H2,1-4H3,(H,25,26)(H,28,29)/t16-,17-,19?/m1/s1. The van der Waals surface area contributed by atoms with Crippen LogP contribution < -0.4 is 0 Å². The molecule has 1 unspecified atom stereocenters. The molecule has 8 nitrogen and oxygen atoms in total. The van der Waals surface area contributed by atoms with E-state index in [4.69, 9.17) is 14.6 Å². The Morgan fingerprint density at radius 2 is 1.71 bits per heavy atom. The zero-order valence-corrected chi connectivity index (χ0v) is 18.2. The van der Waals surface area contributed by atoms with Gasteiger partial charge in [0, 0.05) is 18.9 Å². The molecule has 2 rings (SSSR count). The number of amides is 1. The van der Waals surface area contributed by atoms with Crippen LogP contribution in [-0.2, 0) is 23.9 Å². The molecular weight excluding hydrogens is 409 g/mol. The lowest BCUT2D eigenvalue weighted by Gasteiger charge is -2.41. The Bertz CT molecular complexity index is 794. The summed E-state index contributed by atoms with van der Waals surface area (Å²) in [7, 11) is 0. The van der Waals surface area contributed by atoms with E-state index in [2.05, 4.69) is 0 Å². The zero-order chi connectivity index (χ0) is 23.3. The third kappa shape index (κ3) is 7.00. The van der Waals surface area contributed by atoms with E-state index in [-0.39, 0.29) is 18.9 Å². The Balaban J connectivity index is 2.23. The summed E-state index contributed by atoms with van der Waals surface area (Å²) in [6.45, 7) is 6.80. The summed E-state index contributed by atoms with van der Waals surface area (Å²) in [6.07, 6.45) is -0.531. The van der Waals surface area contributed by atoms with Crippen molar-refractivity contribution in [2.24, 2.45) is 5.92 Å². The molecule has 31 heavy (non-hydrogen) atoms. The molecular formula is C22H30FNO7. The van der Waals surface area contributed by atoms with Gasteiger partial charge in [-0.2, -0.15) is 0 Å². The molecule has 0 radical (unpaired) electrons. The van der Waals surface area contributed by atoms with Gasteiger partial charge in [-0.25, -0.2) is 9.18 Å². The van der Waals surface area contributed by atoms with E-state index in [1.54, 1.807) is 27.7 Å². The first-order valence-electron chi connectivity index (χ1n) is 10.3. The largest absolute Gasteiger partial charge is 0.481 e. The van der Waals surface area contributed by atoms with Gasteiger partial charge in [-0.1, -0.05) is 26.0 Å². The number of hydrogen-bond acceptors (Lipinski definition) is 5. The molecule has 1 saturated heterocycles. The summed E-state index contributed by atoms with van der Waals surface area (Å²) in [4.78, 5) is 37.3. The molecule has 0 aromatic heterocycles. The second-order valence-corrected chi connectivity index (χ2v) is 8.48. The van der Waals surface area contributed by atoms with E-state index in [0.29, 0.717) is 18.4 Å². The maximum atomic E-state index is 13.3. The summed E-state index contributed by atoms with van der Waals surface area (Å²) in [5.41, 5.74) is 0.292. The van der Waals surface area contributed by atoms with Crippen LogP contribution in [0, 0.1) is 11.7 Å². The quantitative estimate of drug-likeness (QED) is 0.607. The third-order valence-electron chi connectivity index (χ3n) is 5.03. The van der Waals surface area contributed by atoms with Crippen LogP contribution in [0.1, 0.15) is 58.6 Å². The Morgan fingerprint density at radius 1 is 1.13 bits per heavy atom. The van der Waals surface area contributed by atoms with Crippen molar-refractivity contribution in [3.63, 3.8) is 0 Å². The maximum absolute atomic E-state index is 13.3. The lowest BCUT2D eigenvalue weighted by atomic mass is 10.00. The molecule has 1 fully saturated rings. The molecule has 172 valence electrons. The molecule has 3 atom stereocenters. The van der Waals surface area contributed by atoms with Gasteiger partial charge in [-0.05, 0) is 38.0 Å². The molecule has 0 bridgehead atoms. The number of carbonyl (C=O) groups excluding carboxylic acids is 1. The highest BCUT2D eigenvalue weighted by atomic mass is 19.1. The van der Waals surface area contributed by atoms with Crippen LogP contribution in [0.5, 0.6) is 0 Å². The smallest absolute Gasteiger partial charge is 0.331 e. The van der Waals surface area contributed by atoms with E-state index in [0.717, 1.165) is 12.1 Å². The van der Waals surface area contributed by atoms with Crippen molar-refractivity contribution in [1.82, 2.24) is 4.90 Å². The fourth-order valence-electron chi connectivity index (χ4n) is 3.80. The Hall–Kier alpha value is -2.52. The molecule has 1 amide bonds. The number of nitrogens with zero attached hydrogens (tertiary/aromatic N) is 1. The summed E-state index contributed by atoms with van der Waals surface area (Å²) in [6, 6.07) is 3.74. The minimum atomic E-state index is -1.28. The number of carbonyl (C=O) groups is 3. The monoisotopic (exact) mass is 439 g/mol. The topological polar surface area (TPSA) is 113 Å². The maximum Gasteiger partial charge on any atom is 0.331 e. The number of carboxylic acids is 2. The van der Waals surface area contributed by atoms with Crippen LogP contribution in [0.3, 0.4) is 0 Å². The molecule has 0 aliphatic carbocycles. The van der Waals surface area contributed by atoms with Gasteiger partial charge >= 0.3 is 11.9 Å². The average molecular weight is 439 g/mol. The molecule has 2 N–H and O–H groups in total. The van der Waals surface area contributed by atoms with Crippen molar-refractivity contribution < 1.29 is 38.5 Å². The SMILES string of the molecule is CC(C)C(=O)N(CC[C@@H]1C[C@H](CC(=O)O)OC(C)(C)O1)C(C(=O)O)c1ccc(F)cc1. The van der Waals surface area contributed by atoms with Crippen LogP contribution in [0.2, 0.25) is 0 Å². The van der Waals surface area contributed by atoms with Gasteiger partial charge in [-0.3, -0.25) is 9.59 Å². The number of carboxylic acid groups (broad SMARTS) is 2. The van der Waals surface area contributed by atoms with Crippen molar-refractivity contribution in [2.45, 2.75) is 71.0 Å². The highest BCUT2D eigenvalue weighted by Crippen LogP contribution is 2.31. The third-order valence-corrected chi connectivity index (χ3v) is 5.03. The van der Waals surface area contributed by atoms with Crippen LogP contribution in [0.25, 0.3) is 0 Å². The molecule has 9 heteroatoms. The van der Waals surface area contributed by atoms with Gasteiger partial charge in [0.2, 0.25) is 5.91 Å². The zero-order valence-electron chi connectivity index (χ0n) is 18.2. The van der Waals surface area contributed by atoms with Crippen LogP contribution in [0.15, 0.2) is 24.3 Å². The number of hydrogen-bond donors (Lipinski definition) is 2. The van der Waals surface area contributed by atoms with Crippen molar-refractivity contribution in [1.29, 1.82) is 0 Å². The molecule has 1 aliphatic heterocycles. The number of benzene rings is 1. The van der Waals surface area contributed by atoms with Gasteiger partial charge in [0.1, 0.15) is 5.82 Å². The van der Waals surface area contributed by atoms with Crippen LogP contribution >= 0.6 is 0 Å². The second kappa shape index (κ2) is 10.2. The minimum absolute atomic E-state index is 0.0753. The van der Waals surface area contributed by atoms with E-state index >= 15 is 0 Å². The fourth-order valence-corrected chi connectivity index (χ4v) is 3.80. The predicted molar refractivity (Wildman–Crippen MR) is 109 cm³/mol. The van der Waals surface area contributed by atoms with E-state index in [9.17, 15) is 23.9 Å². The minimum Gasteiger partial charge on any atom is -0.481 e. The first kappa shape index (κ1) is 24.7. The number of aliphatic carboxylic acids is 2. The Labute approximate surface area is 180 Å². The summed E-state index contributed by atoms with van der Waals surface area (Å²) in [5, 5.41) is 18.9. The Morgan fingerprint density at radius 3 is 2.23 bits per heavy atom. The molecule has 1 aromatic carbocycles. The first-order chi connectivity index (χ1) is 14.4. The van der Waals surface area contributed by atoms with Crippen molar-refractivity contribution in [3.05, 3.63) is 35.6 Å². The van der Waals surface area contributed by atoms with Crippen LogP contribution in [-0.4, -0.2) is 57.5 Å². The van der Waals surface area contributed by atoms with Gasteiger partial charge < -0.3 is 24.6 Å². The molecule has 1 heterocycles. The Kier molecular flexibility index (Phi) is 8.14. The normalized spacial score (nSPS) is 21.5. The number of rotatable bonds is 9. The molecule has 0 saturated carbocycles. The summed E-state index contributed by atoms with van der Waals surface area (Å²) < 4.78 is 24.9. The molecule has 0 spiro atoms. The second-order valence-electron chi connectivity index (χ2n) is 8.48. The predicted octanol–water partition coefficient (Wildman–Crippen LogP) is 3.21. The number of halogens is 1. The fraction of sp³-hybridized carbons (Fsp3) is 0.591. The summed E-state index contributed by atoms with van der Waals surface area (Å²) >= 11 is 0. The van der Waals surface area contributed by atoms with Gasteiger partial charge in [0.05, 0.1) is 18.6 Å². The van der Waals surface area contributed by atoms with Crippen molar-refractivity contribution in [3.8, 4) is 0 Å². The van der Waals surface area contributed by atoms with Crippen molar-refractivity contribution in [2.75, 3.05) is 6.54 Å². The highest BCUT2D eigenvalue weighted by Gasteiger charge is 2.38. The number of ether oxygens (including phenoxy) is 2. The highest BCUT2D eigenvalue weighted by molar-refractivity contribution is 5.85. The molecule has 1 aromatic rings. The molecule has 1 aliphatic rings. The van der Waals surface area contributed by atoms with Gasteiger partial charge in [-0.15, -0.1) is 0 Å². The van der Waals surface area contributed by atoms with E-state index < -0.39 is 47.7 Å². The lowest BCUT2D eigenvalue weighted by Crippen LogP contribution is -2.47. The first-order valence-corrected chi connectivity index (χ1v) is 10.3. The van der Waals surface area contributed by atoms with Gasteiger partial charge in [0.25, 0.3) is 0 Å². The average Bonchev–Trinajstić information content (AvgIpc) is 2.63. The van der Waals surface area contributed by atoms with E-state index in [1.165, 1.54) is 17.0 Å². The summed E-state index contributed by atoms with van der Waals surface area (Å²) in [5.74, 6) is -4.52. The lowest BCUT2D eigenvalue weighted by molar-refractivity contribution is -0.300. The van der Waals surface area contributed by atoms with Gasteiger partial charge in [0.15, 0.2) is 11.8 Å². The van der Waals surface area contributed by atoms with Crippen LogP contribution in [0.4, 0.5) is 4.39 Å². The van der Waals surface area contributed by atoms with E-state index in [1.807, 2.05) is 0 Å².